The van der Waals surface area contributed by atoms with Crippen LogP contribution in [-0.4, -0.2) is 0 Å². The standard InChI is InChI=1S/C52H33NS2/c1-2-12-34(13-3-1)39-31-40(43-18-10-19-45-44-16-6-8-21-48(44)55-52(43)45)33-42(32-39)53(47-20-11-23-50-51(47)46-17-7-9-22-49(46)54-50)41-28-26-36(27-29-41)38-25-24-35-14-4-5-15-37(35)30-38/h1-33H. The largest absolute Gasteiger partial charge is 0.310 e. The molecule has 11 aromatic rings. The van der Waals surface area contributed by atoms with Gasteiger partial charge in [0, 0.05) is 51.7 Å². The third kappa shape index (κ3) is 5.51. The molecule has 1 nitrogen and oxygen atoms in total. The summed E-state index contributed by atoms with van der Waals surface area (Å²) in [6.07, 6.45) is 0. The molecule has 0 aliphatic carbocycles. The molecule has 0 spiro atoms. The highest BCUT2D eigenvalue weighted by molar-refractivity contribution is 7.26. The lowest BCUT2D eigenvalue weighted by Gasteiger charge is -2.28. The third-order valence-electron chi connectivity index (χ3n) is 10.8. The molecule has 11 rings (SSSR count). The van der Waals surface area contributed by atoms with Crippen molar-refractivity contribution in [1.82, 2.24) is 0 Å². The molecule has 2 aromatic heterocycles. The number of hydrogen-bond donors (Lipinski definition) is 0. The first-order valence-electron chi connectivity index (χ1n) is 18.7. The summed E-state index contributed by atoms with van der Waals surface area (Å²) in [5.41, 5.74) is 10.7. The Hall–Kier alpha value is -6.52. The molecule has 0 N–H and O–H groups in total. The molecule has 2 heterocycles. The summed E-state index contributed by atoms with van der Waals surface area (Å²) >= 11 is 3.75. The zero-order valence-electron chi connectivity index (χ0n) is 29.8. The molecule has 3 heteroatoms. The van der Waals surface area contributed by atoms with Crippen LogP contribution in [0.1, 0.15) is 0 Å². The second-order valence-electron chi connectivity index (χ2n) is 14.1. The first kappa shape index (κ1) is 32.0. The Bertz CT molecular complexity index is 3210. The lowest BCUT2D eigenvalue weighted by Crippen LogP contribution is -2.10. The third-order valence-corrected chi connectivity index (χ3v) is 13.2. The van der Waals surface area contributed by atoms with E-state index in [0.717, 1.165) is 11.4 Å². The molecule has 0 aliphatic rings. The molecule has 0 fully saturated rings. The Kier molecular flexibility index (Phi) is 7.61. The van der Waals surface area contributed by atoms with Gasteiger partial charge in [0.15, 0.2) is 0 Å². The maximum absolute atomic E-state index is 2.48. The fourth-order valence-corrected chi connectivity index (χ4v) is 10.6. The van der Waals surface area contributed by atoms with Crippen LogP contribution in [0.5, 0.6) is 0 Å². The predicted octanol–water partition coefficient (Wildman–Crippen LogP) is 16.0. The predicted molar refractivity (Wildman–Crippen MR) is 241 cm³/mol. The van der Waals surface area contributed by atoms with Crippen LogP contribution in [0.2, 0.25) is 0 Å². The van der Waals surface area contributed by atoms with E-state index in [4.69, 9.17) is 0 Å². The van der Waals surface area contributed by atoms with Gasteiger partial charge >= 0.3 is 0 Å². The molecule has 0 radical (unpaired) electrons. The molecule has 258 valence electrons. The highest BCUT2D eigenvalue weighted by Crippen LogP contribution is 2.48. The number of rotatable bonds is 6. The van der Waals surface area contributed by atoms with Gasteiger partial charge in [-0.1, -0.05) is 140 Å². The van der Waals surface area contributed by atoms with Gasteiger partial charge in [-0.05, 0) is 105 Å². The quantitative estimate of drug-likeness (QED) is 0.164. The van der Waals surface area contributed by atoms with E-state index >= 15 is 0 Å². The van der Waals surface area contributed by atoms with Gasteiger partial charge in [0.25, 0.3) is 0 Å². The minimum Gasteiger partial charge on any atom is -0.310 e. The molecule has 55 heavy (non-hydrogen) atoms. The summed E-state index contributed by atoms with van der Waals surface area (Å²) in [7, 11) is 0. The maximum atomic E-state index is 2.48. The van der Waals surface area contributed by atoms with Crippen LogP contribution in [0.3, 0.4) is 0 Å². The van der Waals surface area contributed by atoms with Crippen molar-refractivity contribution >= 4 is 90.9 Å². The van der Waals surface area contributed by atoms with Crippen molar-refractivity contribution in [2.75, 3.05) is 4.90 Å². The van der Waals surface area contributed by atoms with Crippen LogP contribution in [-0.2, 0) is 0 Å². The summed E-state index contributed by atoms with van der Waals surface area (Å²) in [4.78, 5) is 2.48. The smallest absolute Gasteiger partial charge is 0.0554 e. The normalized spacial score (nSPS) is 11.6. The van der Waals surface area contributed by atoms with Crippen molar-refractivity contribution in [3.63, 3.8) is 0 Å². The fraction of sp³-hybridized carbons (Fsp3) is 0. The highest BCUT2D eigenvalue weighted by Gasteiger charge is 2.21. The number of hydrogen-bond acceptors (Lipinski definition) is 3. The van der Waals surface area contributed by atoms with Crippen LogP contribution in [0.4, 0.5) is 17.1 Å². The van der Waals surface area contributed by atoms with E-state index < -0.39 is 0 Å². The second-order valence-corrected chi connectivity index (χ2v) is 16.2. The molecule has 0 atom stereocenters. The van der Waals surface area contributed by atoms with Gasteiger partial charge < -0.3 is 4.90 Å². The molecular formula is C52H33NS2. The van der Waals surface area contributed by atoms with Crippen LogP contribution in [0, 0.1) is 0 Å². The number of anilines is 3. The van der Waals surface area contributed by atoms with E-state index in [1.807, 2.05) is 22.7 Å². The van der Waals surface area contributed by atoms with Crippen molar-refractivity contribution in [3.8, 4) is 33.4 Å². The van der Waals surface area contributed by atoms with E-state index in [9.17, 15) is 0 Å². The molecule has 0 aliphatic heterocycles. The Morgan fingerprint density at radius 2 is 0.964 bits per heavy atom. The molecule has 0 saturated carbocycles. The lowest BCUT2D eigenvalue weighted by atomic mass is 9.96. The molecular weight excluding hydrogens is 703 g/mol. The summed E-state index contributed by atoms with van der Waals surface area (Å²) < 4.78 is 5.21. The van der Waals surface area contributed by atoms with Crippen LogP contribution in [0.15, 0.2) is 200 Å². The van der Waals surface area contributed by atoms with Crippen LogP contribution in [0.25, 0.3) is 84.5 Å². The van der Waals surface area contributed by atoms with Gasteiger partial charge in [0.1, 0.15) is 0 Å². The topological polar surface area (TPSA) is 3.24 Å². The van der Waals surface area contributed by atoms with Crippen LogP contribution < -0.4 is 4.90 Å². The van der Waals surface area contributed by atoms with Crippen molar-refractivity contribution in [1.29, 1.82) is 0 Å². The zero-order valence-corrected chi connectivity index (χ0v) is 31.4. The van der Waals surface area contributed by atoms with Gasteiger partial charge in [0.05, 0.1) is 5.69 Å². The minimum absolute atomic E-state index is 1.11. The Morgan fingerprint density at radius 3 is 1.82 bits per heavy atom. The average molecular weight is 736 g/mol. The van der Waals surface area contributed by atoms with E-state index in [-0.39, 0.29) is 0 Å². The lowest BCUT2D eigenvalue weighted by molar-refractivity contribution is 1.30. The van der Waals surface area contributed by atoms with Gasteiger partial charge in [-0.3, -0.25) is 0 Å². The Labute approximate surface area is 327 Å². The summed E-state index contributed by atoms with van der Waals surface area (Å²) in [6.45, 7) is 0. The molecule has 0 unspecified atom stereocenters. The van der Waals surface area contributed by atoms with E-state index in [0.29, 0.717) is 0 Å². The Morgan fingerprint density at radius 1 is 0.327 bits per heavy atom. The first-order valence-corrected chi connectivity index (χ1v) is 20.3. The second kappa shape index (κ2) is 13.1. The number of thiophene rings is 2. The van der Waals surface area contributed by atoms with Gasteiger partial charge in [0.2, 0.25) is 0 Å². The average Bonchev–Trinajstić information content (AvgIpc) is 3.83. The monoisotopic (exact) mass is 735 g/mol. The fourth-order valence-electron chi connectivity index (χ4n) is 8.21. The SMILES string of the molecule is c1ccc(-c2cc(-c3cccc4c3sc3ccccc34)cc(N(c3ccc(-c4ccc5ccccc5c4)cc3)c3cccc4sc5ccccc5c34)c2)cc1. The minimum atomic E-state index is 1.11. The molecule has 9 aromatic carbocycles. The molecule has 0 amide bonds. The summed E-state index contributed by atoms with van der Waals surface area (Å²) in [5.74, 6) is 0. The van der Waals surface area contributed by atoms with E-state index in [1.165, 1.54) is 90.2 Å². The van der Waals surface area contributed by atoms with Gasteiger partial charge in [-0.15, -0.1) is 22.7 Å². The summed E-state index contributed by atoms with van der Waals surface area (Å²) in [5, 5.41) is 7.69. The first-order chi connectivity index (χ1) is 27.2. The number of nitrogens with zero attached hydrogens (tertiary/aromatic N) is 1. The van der Waals surface area contributed by atoms with Gasteiger partial charge in [-0.25, -0.2) is 0 Å². The van der Waals surface area contributed by atoms with E-state index in [1.54, 1.807) is 0 Å². The molecule has 0 bridgehead atoms. The van der Waals surface area contributed by atoms with Crippen LogP contribution >= 0.6 is 22.7 Å². The van der Waals surface area contributed by atoms with Gasteiger partial charge in [-0.2, -0.15) is 0 Å². The number of fused-ring (bicyclic) bond motifs is 7. The summed E-state index contributed by atoms with van der Waals surface area (Å²) in [6, 6.07) is 73.6. The van der Waals surface area contributed by atoms with Crippen molar-refractivity contribution < 1.29 is 0 Å². The van der Waals surface area contributed by atoms with Crippen molar-refractivity contribution in [2.45, 2.75) is 0 Å². The number of benzene rings is 9. The van der Waals surface area contributed by atoms with Crippen molar-refractivity contribution in [3.05, 3.63) is 200 Å². The van der Waals surface area contributed by atoms with E-state index in [2.05, 4.69) is 205 Å². The van der Waals surface area contributed by atoms with Crippen molar-refractivity contribution in [2.24, 2.45) is 0 Å². The Balaban J connectivity index is 1.16. The molecule has 0 saturated heterocycles. The highest BCUT2D eigenvalue weighted by atomic mass is 32.1. The zero-order chi connectivity index (χ0) is 36.3. The maximum Gasteiger partial charge on any atom is 0.0554 e.